The highest BCUT2D eigenvalue weighted by Gasteiger charge is 2.19. The van der Waals surface area contributed by atoms with Gasteiger partial charge < -0.3 is 21.1 Å². The minimum atomic E-state index is -0.145. The van der Waals surface area contributed by atoms with Crippen LogP contribution >= 0.6 is 11.3 Å². The quantitative estimate of drug-likeness (QED) is 0.564. The zero-order valence-corrected chi connectivity index (χ0v) is 18.0. The van der Waals surface area contributed by atoms with Gasteiger partial charge in [0.05, 0.1) is 5.69 Å². The van der Waals surface area contributed by atoms with E-state index in [2.05, 4.69) is 39.5 Å². The van der Waals surface area contributed by atoms with Crippen LogP contribution < -0.4 is 16.0 Å². The second-order valence-electron chi connectivity index (χ2n) is 7.96. The molecule has 1 saturated heterocycles. The Morgan fingerprint density at radius 3 is 2.87 bits per heavy atom. The lowest BCUT2D eigenvalue weighted by Crippen LogP contribution is -2.36. The number of amides is 1. The van der Waals surface area contributed by atoms with Crippen LogP contribution in [0.4, 0.5) is 11.4 Å². The van der Waals surface area contributed by atoms with Crippen LogP contribution in [0.3, 0.4) is 0 Å². The summed E-state index contributed by atoms with van der Waals surface area (Å²) in [5.74, 6) is 0.224. The van der Waals surface area contributed by atoms with E-state index in [0.717, 1.165) is 48.3 Å². The number of aliphatic hydroxyl groups excluding tert-OH is 1. The van der Waals surface area contributed by atoms with Crippen LogP contribution in [-0.4, -0.2) is 42.2 Å². The number of aryl methyl sites for hydroxylation is 1. The summed E-state index contributed by atoms with van der Waals surface area (Å²) in [6.07, 6.45) is 2.98. The van der Waals surface area contributed by atoms with Crippen LogP contribution in [0.5, 0.6) is 0 Å². The number of carbonyl (C=O) groups excluding carboxylic acids is 1. The fourth-order valence-corrected chi connectivity index (χ4v) is 5.04. The maximum Gasteiger partial charge on any atom is 0.263 e. The van der Waals surface area contributed by atoms with E-state index >= 15 is 0 Å². The van der Waals surface area contributed by atoms with E-state index in [-0.39, 0.29) is 12.5 Å². The van der Waals surface area contributed by atoms with Crippen LogP contribution in [0.2, 0.25) is 0 Å². The van der Waals surface area contributed by atoms with Gasteiger partial charge in [0.2, 0.25) is 0 Å². The van der Waals surface area contributed by atoms with Crippen molar-refractivity contribution in [2.24, 2.45) is 5.92 Å². The fourth-order valence-electron chi connectivity index (χ4n) is 3.98. The molecular formula is C23H28N4O2S. The molecule has 0 aliphatic carbocycles. The third-order valence-corrected chi connectivity index (χ3v) is 6.83. The number of nitrogens with zero attached hydrogens (tertiary/aromatic N) is 2. The van der Waals surface area contributed by atoms with Gasteiger partial charge in [-0.05, 0) is 61.9 Å². The second kappa shape index (κ2) is 9.02. The van der Waals surface area contributed by atoms with Crippen LogP contribution in [0.15, 0.2) is 36.4 Å². The third kappa shape index (κ3) is 4.42. The number of hydrogen-bond acceptors (Lipinski definition) is 6. The van der Waals surface area contributed by atoms with Gasteiger partial charge in [-0.1, -0.05) is 12.1 Å². The van der Waals surface area contributed by atoms with Gasteiger partial charge in [-0.3, -0.25) is 4.79 Å². The summed E-state index contributed by atoms with van der Waals surface area (Å²) < 4.78 is 0. The second-order valence-corrected chi connectivity index (χ2v) is 8.96. The average molecular weight is 425 g/mol. The molecule has 1 aliphatic heterocycles. The molecule has 4 rings (SSSR count). The van der Waals surface area contributed by atoms with Gasteiger partial charge in [0.25, 0.3) is 5.91 Å². The molecule has 3 heterocycles. The van der Waals surface area contributed by atoms with Crippen molar-refractivity contribution in [3.63, 3.8) is 0 Å². The number of aromatic nitrogens is 1. The lowest BCUT2D eigenvalue weighted by Gasteiger charge is -2.33. The highest BCUT2D eigenvalue weighted by atomic mass is 32.1. The summed E-state index contributed by atoms with van der Waals surface area (Å²) in [4.78, 5) is 20.7. The first-order valence-electron chi connectivity index (χ1n) is 10.4. The number of pyridine rings is 1. The lowest BCUT2D eigenvalue weighted by atomic mass is 9.98. The number of piperidine rings is 1. The monoisotopic (exact) mass is 424 g/mol. The Morgan fingerprint density at radius 2 is 2.10 bits per heavy atom. The number of aliphatic hydroxyl groups is 1. The number of carbonyl (C=O) groups is 1. The minimum Gasteiger partial charge on any atom is -0.397 e. The molecule has 0 radical (unpaired) electrons. The largest absolute Gasteiger partial charge is 0.397 e. The number of nitrogens with two attached hydrogens (primary N) is 1. The minimum absolute atomic E-state index is 0.145. The molecule has 1 atom stereocenters. The van der Waals surface area contributed by atoms with Gasteiger partial charge in [0.1, 0.15) is 9.71 Å². The summed E-state index contributed by atoms with van der Waals surface area (Å²) in [6.45, 7) is 4.69. The summed E-state index contributed by atoms with van der Waals surface area (Å²) in [6, 6.07) is 12.3. The Kier molecular flexibility index (Phi) is 6.20. The molecule has 1 aromatic carbocycles. The zero-order valence-electron chi connectivity index (χ0n) is 17.2. The van der Waals surface area contributed by atoms with Gasteiger partial charge in [0.15, 0.2) is 0 Å². The molecule has 30 heavy (non-hydrogen) atoms. The van der Waals surface area contributed by atoms with Crippen LogP contribution in [0, 0.1) is 12.8 Å². The third-order valence-electron chi connectivity index (χ3n) is 5.72. The van der Waals surface area contributed by atoms with E-state index in [1.54, 1.807) is 0 Å². The number of nitrogens with one attached hydrogen (secondary N) is 1. The molecule has 3 aromatic rings. The van der Waals surface area contributed by atoms with Crippen molar-refractivity contribution in [3.05, 3.63) is 52.5 Å². The maximum atomic E-state index is 12.6. The first kappa shape index (κ1) is 20.6. The van der Waals surface area contributed by atoms with Crippen molar-refractivity contribution in [2.75, 3.05) is 36.9 Å². The van der Waals surface area contributed by atoms with Gasteiger partial charge in [-0.25, -0.2) is 4.98 Å². The summed E-state index contributed by atoms with van der Waals surface area (Å²) in [7, 11) is 0. The van der Waals surface area contributed by atoms with Crippen LogP contribution in [0.1, 0.15) is 33.8 Å². The van der Waals surface area contributed by atoms with E-state index < -0.39 is 0 Å². The Morgan fingerprint density at radius 1 is 1.30 bits per heavy atom. The van der Waals surface area contributed by atoms with E-state index in [1.807, 2.05) is 19.1 Å². The molecule has 6 nitrogen and oxygen atoms in total. The predicted octanol–water partition coefficient (Wildman–Crippen LogP) is 3.37. The molecule has 4 N–H and O–H groups in total. The molecule has 0 bridgehead atoms. The van der Waals surface area contributed by atoms with Gasteiger partial charge >= 0.3 is 0 Å². The molecule has 1 amide bonds. The zero-order chi connectivity index (χ0) is 21.1. The first-order valence-corrected chi connectivity index (χ1v) is 11.3. The first-order chi connectivity index (χ1) is 14.5. The summed E-state index contributed by atoms with van der Waals surface area (Å²) in [5, 5.41) is 13.2. The van der Waals surface area contributed by atoms with Crippen molar-refractivity contribution in [1.29, 1.82) is 0 Å². The molecule has 0 unspecified atom stereocenters. The van der Waals surface area contributed by atoms with Crippen molar-refractivity contribution in [2.45, 2.75) is 26.2 Å². The summed E-state index contributed by atoms with van der Waals surface area (Å²) >= 11 is 1.34. The summed E-state index contributed by atoms with van der Waals surface area (Å²) in [5.41, 5.74) is 9.96. The van der Waals surface area contributed by atoms with E-state index in [1.165, 1.54) is 22.6 Å². The lowest BCUT2D eigenvalue weighted by molar-refractivity contribution is 0.0959. The Labute approximate surface area is 180 Å². The van der Waals surface area contributed by atoms with Crippen LogP contribution in [-0.2, 0) is 6.42 Å². The number of rotatable bonds is 6. The van der Waals surface area contributed by atoms with Gasteiger partial charge in [0, 0.05) is 43.0 Å². The molecule has 1 fully saturated rings. The number of fused-ring (bicyclic) bond motifs is 1. The average Bonchev–Trinajstić information content (AvgIpc) is 3.10. The topological polar surface area (TPSA) is 91.5 Å². The number of benzene rings is 1. The highest BCUT2D eigenvalue weighted by Crippen LogP contribution is 2.32. The number of anilines is 2. The fraction of sp³-hybridized carbons (Fsp3) is 0.391. The Balaban J connectivity index is 1.33. The normalized spacial score (nSPS) is 16.7. The molecule has 0 spiro atoms. The van der Waals surface area contributed by atoms with Gasteiger partial charge in [-0.15, -0.1) is 11.3 Å². The molecule has 2 aromatic heterocycles. The Bertz CT molecular complexity index is 1030. The van der Waals surface area contributed by atoms with Crippen molar-refractivity contribution < 1.29 is 9.90 Å². The van der Waals surface area contributed by atoms with Crippen molar-refractivity contribution in [1.82, 2.24) is 10.3 Å². The smallest absolute Gasteiger partial charge is 0.263 e. The molecule has 0 saturated carbocycles. The van der Waals surface area contributed by atoms with Crippen molar-refractivity contribution >= 4 is 38.8 Å². The maximum absolute atomic E-state index is 12.6. The molecule has 158 valence electrons. The number of thiophene rings is 1. The van der Waals surface area contributed by atoms with Crippen molar-refractivity contribution in [3.8, 4) is 0 Å². The van der Waals surface area contributed by atoms with Gasteiger partial charge in [-0.2, -0.15) is 0 Å². The number of nitrogen functional groups attached to an aromatic ring is 1. The molecule has 1 aliphatic rings. The van der Waals surface area contributed by atoms with E-state index in [4.69, 9.17) is 5.73 Å². The predicted molar refractivity (Wildman–Crippen MR) is 123 cm³/mol. The standard InChI is InChI=1S/C23H28N4O2S/c1-15-4-9-19-20(24)21(30-23(19)26-15)22(29)25-11-10-16-5-7-18(8-6-16)27-12-2-3-17(13-27)14-28/h4-9,17,28H,2-3,10-14,24H2,1H3,(H,25,29)/t17-/m1/s1. The van der Waals surface area contributed by atoms with E-state index in [9.17, 15) is 9.90 Å². The van der Waals surface area contributed by atoms with E-state index in [0.29, 0.717) is 23.0 Å². The molecular weight excluding hydrogens is 396 g/mol. The highest BCUT2D eigenvalue weighted by molar-refractivity contribution is 7.21. The molecule has 7 heteroatoms. The number of hydrogen-bond donors (Lipinski definition) is 3. The van der Waals surface area contributed by atoms with Crippen LogP contribution in [0.25, 0.3) is 10.2 Å². The SMILES string of the molecule is Cc1ccc2c(N)c(C(=O)NCCc3ccc(N4CCC[C@@H](CO)C4)cc3)sc2n1. The Hall–Kier alpha value is -2.64.